The Morgan fingerprint density at radius 3 is 2.80 bits per heavy atom. The summed E-state index contributed by atoms with van der Waals surface area (Å²) in [5.74, 6) is 0.366. The van der Waals surface area contributed by atoms with E-state index in [-0.39, 0.29) is 18.3 Å². The SMILES string of the molecule is CC1=C(C(=O)Nc2cccnc2)C(c2ccc(F)cc2)n2nc(CCCO)nc2N1. The molecule has 1 atom stereocenters. The molecule has 9 heteroatoms. The van der Waals surface area contributed by atoms with Gasteiger partial charge in [-0.3, -0.25) is 9.78 Å². The number of anilines is 2. The molecule has 3 heterocycles. The minimum atomic E-state index is -0.589. The Balaban J connectivity index is 1.75. The van der Waals surface area contributed by atoms with Gasteiger partial charge in [-0.25, -0.2) is 9.07 Å². The van der Waals surface area contributed by atoms with Gasteiger partial charge in [0.2, 0.25) is 5.95 Å². The van der Waals surface area contributed by atoms with Crippen molar-refractivity contribution in [1.29, 1.82) is 0 Å². The number of carbonyl (C=O) groups is 1. The van der Waals surface area contributed by atoms with Crippen LogP contribution in [0.25, 0.3) is 0 Å². The number of fused-ring (bicyclic) bond motifs is 1. The topological polar surface area (TPSA) is 105 Å². The Morgan fingerprint density at radius 1 is 1.30 bits per heavy atom. The highest BCUT2D eigenvalue weighted by Crippen LogP contribution is 2.35. The van der Waals surface area contributed by atoms with Gasteiger partial charge >= 0.3 is 0 Å². The molecule has 30 heavy (non-hydrogen) atoms. The van der Waals surface area contributed by atoms with Gasteiger partial charge in [-0.15, -0.1) is 0 Å². The number of hydrogen-bond donors (Lipinski definition) is 3. The second-order valence-corrected chi connectivity index (χ2v) is 6.94. The number of nitrogens with zero attached hydrogens (tertiary/aromatic N) is 4. The normalized spacial score (nSPS) is 15.5. The van der Waals surface area contributed by atoms with Gasteiger partial charge in [0, 0.05) is 24.9 Å². The summed E-state index contributed by atoms with van der Waals surface area (Å²) in [6.07, 6.45) is 4.22. The van der Waals surface area contributed by atoms with Crippen LogP contribution in [0.2, 0.25) is 0 Å². The van der Waals surface area contributed by atoms with E-state index < -0.39 is 6.04 Å². The predicted molar refractivity (Wildman–Crippen MR) is 109 cm³/mol. The quantitative estimate of drug-likeness (QED) is 0.579. The molecule has 0 bridgehead atoms. The summed E-state index contributed by atoms with van der Waals surface area (Å²) < 4.78 is 15.2. The van der Waals surface area contributed by atoms with Crippen molar-refractivity contribution in [2.24, 2.45) is 0 Å². The number of aromatic nitrogens is 4. The summed E-state index contributed by atoms with van der Waals surface area (Å²) in [5, 5.41) is 19.7. The maximum atomic E-state index is 13.5. The van der Waals surface area contributed by atoms with Crippen LogP contribution in [0.5, 0.6) is 0 Å². The monoisotopic (exact) mass is 408 g/mol. The second-order valence-electron chi connectivity index (χ2n) is 6.94. The zero-order chi connectivity index (χ0) is 21.1. The average Bonchev–Trinajstić information content (AvgIpc) is 3.15. The lowest BCUT2D eigenvalue weighted by Gasteiger charge is -2.28. The van der Waals surface area contributed by atoms with Gasteiger partial charge in [-0.1, -0.05) is 12.1 Å². The van der Waals surface area contributed by atoms with Crippen LogP contribution in [0.4, 0.5) is 16.0 Å². The fraction of sp³-hybridized carbons (Fsp3) is 0.238. The predicted octanol–water partition coefficient (Wildman–Crippen LogP) is 2.66. The Morgan fingerprint density at radius 2 is 2.10 bits per heavy atom. The van der Waals surface area contributed by atoms with Crippen molar-refractivity contribution in [2.75, 3.05) is 17.2 Å². The molecule has 4 rings (SSSR count). The van der Waals surface area contributed by atoms with Crippen LogP contribution in [0.1, 0.15) is 30.8 Å². The zero-order valence-electron chi connectivity index (χ0n) is 16.3. The number of aliphatic hydroxyl groups excluding tert-OH is 1. The molecule has 3 aromatic rings. The molecule has 8 nitrogen and oxygen atoms in total. The highest BCUT2D eigenvalue weighted by molar-refractivity contribution is 6.05. The molecular formula is C21H21FN6O2. The molecule has 1 aromatic carbocycles. The van der Waals surface area contributed by atoms with Crippen molar-refractivity contribution < 1.29 is 14.3 Å². The molecule has 0 aliphatic carbocycles. The van der Waals surface area contributed by atoms with E-state index >= 15 is 0 Å². The molecule has 0 fully saturated rings. The first kappa shape index (κ1) is 19.7. The molecule has 0 saturated heterocycles. The second kappa shape index (κ2) is 8.42. The molecule has 0 radical (unpaired) electrons. The average molecular weight is 408 g/mol. The lowest BCUT2D eigenvalue weighted by atomic mass is 9.95. The summed E-state index contributed by atoms with van der Waals surface area (Å²) in [7, 11) is 0. The number of halogens is 1. The minimum absolute atomic E-state index is 0.0364. The van der Waals surface area contributed by atoms with E-state index in [1.165, 1.54) is 12.1 Å². The molecule has 3 N–H and O–H groups in total. The van der Waals surface area contributed by atoms with E-state index in [0.29, 0.717) is 47.1 Å². The van der Waals surface area contributed by atoms with Crippen LogP contribution in [0.3, 0.4) is 0 Å². The van der Waals surface area contributed by atoms with Crippen LogP contribution in [-0.4, -0.2) is 37.4 Å². The van der Waals surface area contributed by atoms with Gasteiger partial charge in [0.15, 0.2) is 5.82 Å². The van der Waals surface area contributed by atoms with Gasteiger partial charge < -0.3 is 15.7 Å². The maximum absolute atomic E-state index is 13.5. The number of nitrogens with one attached hydrogen (secondary N) is 2. The lowest BCUT2D eigenvalue weighted by Crippen LogP contribution is -2.31. The number of hydrogen-bond acceptors (Lipinski definition) is 6. The van der Waals surface area contributed by atoms with E-state index in [4.69, 9.17) is 5.11 Å². The molecular weight excluding hydrogens is 387 g/mol. The number of allylic oxidation sites excluding steroid dienone is 1. The number of amides is 1. The van der Waals surface area contributed by atoms with Crippen molar-refractivity contribution in [1.82, 2.24) is 19.7 Å². The largest absolute Gasteiger partial charge is 0.396 e. The fourth-order valence-corrected chi connectivity index (χ4v) is 3.42. The minimum Gasteiger partial charge on any atom is -0.396 e. The number of rotatable bonds is 6. The van der Waals surface area contributed by atoms with Crippen LogP contribution in [0.15, 0.2) is 60.1 Å². The standard InChI is InChI=1S/C21H21FN6O2/c1-13-18(20(30)25-16-4-2-10-23-12-16)19(14-6-8-15(22)9-7-14)28-21(24-13)26-17(27-28)5-3-11-29/h2,4,6-10,12,19,29H,3,5,11H2,1H3,(H,25,30)(H,24,26,27). The summed E-state index contributed by atoms with van der Waals surface area (Å²) >= 11 is 0. The van der Waals surface area contributed by atoms with Crippen LogP contribution in [0, 0.1) is 5.82 Å². The molecule has 2 aromatic heterocycles. The maximum Gasteiger partial charge on any atom is 0.255 e. The van der Waals surface area contributed by atoms with E-state index in [9.17, 15) is 9.18 Å². The third kappa shape index (κ3) is 3.92. The van der Waals surface area contributed by atoms with Gasteiger partial charge in [-0.2, -0.15) is 10.1 Å². The van der Waals surface area contributed by atoms with Crippen molar-refractivity contribution >= 4 is 17.5 Å². The van der Waals surface area contributed by atoms with Gasteiger partial charge in [0.25, 0.3) is 5.91 Å². The lowest BCUT2D eigenvalue weighted by molar-refractivity contribution is -0.113. The van der Waals surface area contributed by atoms with Crippen molar-refractivity contribution in [2.45, 2.75) is 25.8 Å². The molecule has 0 saturated carbocycles. The number of pyridine rings is 1. The van der Waals surface area contributed by atoms with Crippen LogP contribution >= 0.6 is 0 Å². The third-order valence-electron chi connectivity index (χ3n) is 4.80. The highest BCUT2D eigenvalue weighted by Gasteiger charge is 2.34. The van der Waals surface area contributed by atoms with Crippen LogP contribution in [-0.2, 0) is 11.2 Å². The summed E-state index contributed by atoms with van der Waals surface area (Å²) in [5.41, 5.74) is 2.33. The van der Waals surface area contributed by atoms with Crippen molar-refractivity contribution in [3.8, 4) is 0 Å². The summed E-state index contributed by atoms with van der Waals surface area (Å²) in [4.78, 5) is 21.7. The summed E-state index contributed by atoms with van der Waals surface area (Å²) in [6.45, 7) is 1.83. The first-order valence-corrected chi connectivity index (χ1v) is 9.57. The summed E-state index contributed by atoms with van der Waals surface area (Å²) in [6, 6.07) is 8.87. The van der Waals surface area contributed by atoms with Crippen LogP contribution < -0.4 is 10.6 Å². The molecule has 1 unspecified atom stereocenters. The van der Waals surface area contributed by atoms with Crippen molar-refractivity contribution in [3.63, 3.8) is 0 Å². The third-order valence-corrected chi connectivity index (χ3v) is 4.80. The Kier molecular flexibility index (Phi) is 5.53. The van der Waals surface area contributed by atoms with Gasteiger partial charge in [0.1, 0.15) is 11.9 Å². The van der Waals surface area contributed by atoms with E-state index in [1.54, 1.807) is 48.3 Å². The number of benzene rings is 1. The zero-order valence-corrected chi connectivity index (χ0v) is 16.3. The number of carbonyl (C=O) groups excluding carboxylic acids is 1. The van der Waals surface area contributed by atoms with Gasteiger partial charge in [-0.05, 0) is 43.2 Å². The van der Waals surface area contributed by atoms with E-state index in [0.717, 1.165) is 0 Å². The van der Waals surface area contributed by atoms with E-state index in [2.05, 4.69) is 25.7 Å². The Bertz CT molecular complexity index is 1080. The first-order chi connectivity index (χ1) is 14.6. The molecule has 0 spiro atoms. The Labute approximate surface area is 172 Å². The number of aryl methyl sites for hydroxylation is 1. The molecule has 1 amide bonds. The Hall–Kier alpha value is -3.59. The number of aliphatic hydroxyl groups is 1. The smallest absolute Gasteiger partial charge is 0.255 e. The highest BCUT2D eigenvalue weighted by atomic mass is 19.1. The molecule has 154 valence electrons. The molecule has 1 aliphatic heterocycles. The van der Waals surface area contributed by atoms with Gasteiger partial charge in [0.05, 0.1) is 17.5 Å². The molecule has 1 aliphatic rings. The van der Waals surface area contributed by atoms with Crippen molar-refractivity contribution in [3.05, 3.63) is 77.3 Å². The first-order valence-electron chi connectivity index (χ1n) is 9.57. The fourth-order valence-electron chi connectivity index (χ4n) is 3.42. The van der Waals surface area contributed by atoms with E-state index in [1.807, 2.05) is 0 Å².